The Hall–Kier alpha value is -1.09. The molecular weight excluding hydrogens is 572 g/mol. The molecule has 0 aromatic heterocycles. The summed E-state index contributed by atoms with van der Waals surface area (Å²) in [4.78, 5) is 10.5. The summed E-state index contributed by atoms with van der Waals surface area (Å²) in [5.74, 6) is -1.00. The van der Waals surface area contributed by atoms with Crippen molar-refractivity contribution < 1.29 is 101 Å². The molecule has 13 atom stereocenters. The van der Waals surface area contributed by atoms with E-state index in [1.54, 1.807) is 0 Å². The highest BCUT2D eigenvalue weighted by Gasteiger charge is 2.50. The maximum atomic E-state index is 10.5. The Morgan fingerprint density at radius 1 is 0.659 bits per heavy atom. The van der Waals surface area contributed by atoms with Gasteiger partial charge in [0.2, 0.25) is 0 Å². The molecule has 2 saturated heterocycles. The van der Waals surface area contributed by atoms with E-state index >= 15 is 0 Å². The van der Waals surface area contributed by atoms with Gasteiger partial charge < -0.3 is 95.9 Å². The number of aliphatic hydroxyl groups is 16. The van der Waals surface area contributed by atoms with Crippen LogP contribution in [0.15, 0.2) is 0 Å². The fourth-order valence-electron chi connectivity index (χ4n) is 3.23. The van der Waals surface area contributed by atoms with Crippen molar-refractivity contribution >= 4 is 5.78 Å². The fourth-order valence-corrected chi connectivity index (χ4v) is 3.23. The normalized spacial score (nSPS) is 35.8. The molecule has 2 fully saturated rings. The predicted molar refractivity (Wildman–Crippen MR) is 126 cm³/mol. The third-order valence-corrected chi connectivity index (χ3v) is 5.79. The second-order valence-corrected chi connectivity index (χ2v) is 8.86. The van der Waals surface area contributed by atoms with E-state index < -0.39 is 118 Å². The highest BCUT2D eigenvalue weighted by molar-refractivity contribution is 5.84. The summed E-state index contributed by atoms with van der Waals surface area (Å²) in [7, 11) is 0. The van der Waals surface area contributed by atoms with E-state index in [4.69, 9.17) is 60.2 Å². The Balaban J connectivity index is 0.000000742. The van der Waals surface area contributed by atoms with E-state index in [0.29, 0.717) is 0 Å². The summed E-state index contributed by atoms with van der Waals surface area (Å²) in [5, 5.41) is 144. The molecule has 1 unspecified atom stereocenters. The Bertz CT molecular complexity index is 694. The number of ketones is 1. The van der Waals surface area contributed by atoms with Crippen LogP contribution in [0.5, 0.6) is 0 Å². The van der Waals surface area contributed by atoms with Crippen molar-refractivity contribution in [2.75, 3.05) is 39.6 Å². The van der Waals surface area contributed by atoms with Gasteiger partial charge in [-0.15, -0.1) is 0 Å². The van der Waals surface area contributed by atoms with Crippen LogP contribution in [0.25, 0.3) is 0 Å². The topological polar surface area (TPSA) is 368 Å². The molecule has 0 aromatic rings. The van der Waals surface area contributed by atoms with Crippen molar-refractivity contribution in [3.8, 4) is 0 Å². The van der Waals surface area contributed by atoms with Crippen molar-refractivity contribution in [3.05, 3.63) is 0 Å². The number of aliphatic hydroxyl groups excluding tert-OH is 16. The Morgan fingerprint density at radius 3 is 1.61 bits per heavy atom. The van der Waals surface area contributed by atoms with E-state index in [2.05, 4.69) is 0 Å². The summed E-state index contributed by atoms with van der Waals surface area (Å²) in [6.07, 6.45) is -21.7. The number of carbonyl (C=O) groups is 1. The van der Waals surface area contributed by atoms with Crippen LogP contribution < -0.4 is 0 Å². The van der Waals surface area contributed by atoms with Gasteiger partial charge in [0.05, 0.1) is 33.0 Å². The maximum absolute atomic E-state index is 10.5. The van der Waals surface area contributed by atoms with Crippen LogP contribution >= 0.6 is 0 Å². The van der Waals surface area contributed by atoms with Crippen molar-refractivity contribution in [1.29, 1.82) is 0 Å². The molecule has 2 aliphatic heterocycles. The molecule has 41 heavy (non-hydrogen) atoms. The minimum Gasteiger partial charge on any atom is -0.394 e. The molecular formula is C21H42O20. The van der Waals surface area contributed by atoms with Crippen LogP contribution in [-0.2, 0) is 19.0 Å². The third-order valence-electron chi connectivity index (χ3n) is 5.79. The lowest BCUT2D eigenvalue weighted by Gasteiger charge is -2.45. The van der Waals surface area contributed by atoms with Gasteiger partial charge in [0.25, 0.3) is 0 Å². The first-order valence-electron chi connectivity index (χ1n) is 12.1. The van der Waals surface area contributed by atoms with Crippen LogP contribution in [0.2, 0.25) is 0 Å². The summed E-state index contributed by atoms with van der Waals surface area (Å²) >= 11 is 0. The van der Waals surface area contributed by atoms with Gasteiger partial charge in [0.15, 0.2) is 18.4 Å². The highest BCUT2D eigenvalue weighted by atomic mass is 16.7. The lowest BCUT2D eigenvalue weighted by atomic mass is 9.97. The lowest BCUT2D eigenvalue weighted by Crippen LogP contribution is -2.64. The zero-order valence-electron chi connectivity index (χ0n) is 21.6. The first-order chi connectivity index (χ1) is 19.2. The largest absolute Gasteiger partial charge is 0.394 e. The smallest absolute Gasteiger partial charge is 0.189 e. The monoisotopic (exact) mass is 614 g/mol. The highest BCUT2D eigenvalue weighted by Crippen LogP contribution is 2.28. The predicted octanol–water partition coefficient (Wildman–Crippen LogP) is -10.4. The van der Waals surface area contributed by atoms with Crippen LogP contribution in [0.1, 0.15) is 0 Å². The number of Topliss-reactive ketones (excluding diaryl/α,β-unsaturated/α-hetero) is 1. The van der Waals surface area contributed by atoms with E-state index in [1.165, 1.54) is 0 Å². The first kappa shape index (κ1) is 39.9. The minimum absolute atomic E-state index is 0.365. The second-order valence-electron chi connectivity index (χ2n) is 8.86. The summed E-state index contributed by atoms with van der Waals surface area (Å²) in [6.45, 7) is -3.76. The summed E-state index contributed by atoms with van der Waals surface area (Å²) < 4.78 is 15.3. The van der Waals surface area contributed by atoms with Gasteiger partial charge in [-0.1, -0.05) is 0 Å². The SMILES string of the molecule is O=C(CO)[C@@H](O)[C@H](O)[C@H](O)CO.OCC(O)CO.OC[C@H]1O[C@@H](O[C@H]2[C@H](O)[C@@H](O)C(O)O[C@@H]2CO)[C@H](O)[C@@H](O)[C@H]1O. The molecule has 0 amide bonds. The molecule has 0 spiro atoms. The number of hydrogen-bond acceptors (Lipinski definition) is 20. The number of hydrogen-bond donors (Lipinski definition) is 16. The Kier molecular flexibility index (Phi) is 19.4. The van der Waals surface area contributed by atoms with E-state index in [-0.39, 0.29) is 13.2 Å². The Morgan fingerprint density at radius 2 is 1.20 bits per heavy atom. The lowest BCUT2D eigenvalue weighted by molar-refractivity contribution is -0.355. The Labute approximate surface area is 232 Å². The molecule has 2 heterocycles. The van der Waals surface area contributed by atoms with Crippen LogP contribution in [0.4, 0.5) is 0 Å². The summed E-state index contributed by atoms with van der Waals surface area (Å²) in [5.41, 5.74) is 0. The first-order valence-corrected chi connectivity index (χ1v) is 12.1. The molecule has 0 radical (unpaired) electrons. The average molecular weight is 615 g/mol. The number of ether oxygens (including phenoxy) is 3. The van der Waals surface area contributed by atoms with Crippen molar-refractivity contribution in [3.63, 3.8) is 0 Å². The maximum Gasteiger partial charge on any atom is 0.189 e. The molecule has 2 rings (SSSR count). The standard InChI is InChI=1S/C12H22O11.C6H12O6.C3H8O3/c13-1-3-5(15)6(16)9(19)12(22-3)23-10-4(2-14)21-11(20)8(18)7(10)17;7-1-3(9)5(11)6(12)4(10)2-8;4-1-3(6)2-5/h3-20H,1-2H2;3,5-9,11-12H,1-2H2;3-6H,1-2H2/t3-,4-,5+,6+,7-,8-,9-,10-,11?,12+;3-,5-,6-;/m11./s1. The van der Waals surface area contributed by atoms with Gasteiger partial charge in [-0.25, -0.2) is 0 Å². The van der Waals surface area contributed by atoms with Crippen LogP contribution in [0.3, 0.4) is 0 Å². The zero-order valence-corrected chi connectivity index (χ0v) is 21.6. The minimum atomic E-state index is -1.86. The molecule has 0 aromatic carbocycles. The summed E-state index contributed by atoms with van der Waals surface area (Å²) in [6, 6.07) is 0. The van der Waals surface area contributed by atoms with Crippen molar-refractivity contribution in [2.24, 2.45) is 0 Å². The second kappa shape index (κ2) is 20.0. The van der Waals surface area contributed by atoms with E-state index in [0.717, 1.165) is 0 Å². The van der Waals surface area contributed by atoms with Gasteiger partial charge in [-0.05, 0) is 0 Å². The van der Waals surface area contributed by atoms with Gasteiger partial charge in [-0.2, -0.15) is 0 Å². The molecule has 0 saturated carbocycles. The van der Waals surface area contributed by atoms with Crippen LogP contribution in [0, 0.1) is 0 Å². The van der Waals surface area contributed by atoms with Gasteiger partial charge in [0.1, 0.15) is 79.9 Å². The molecule has 20 heteroatoms. The van der Waals surface area contributed by atoms with Crippen LogP contribution in [-0.4, -0.2) is 213 Å². The van der Waals surface area contributed by atoms with Gasteiger partial charge in [-0.3, -0.25) is 4.79 Å². The third kappa shape index (κ3) is 11.8. The number of carbonyl (C=O) groups excluding carboxylic acids is 1. The quantitative estimate of drug-likeness (QED) is 0.103. The number of rotatable bonds is 11. The average Bonchev–Trinajstić information content (AvgIpc) is 2.99. The zero-order chi connectivity index (χ0) is 32.0. The van der Waals surface area contributed by atoms with Crippen molar-refractivity contribution in [1.82, 2.24) is 0 Å². The fraction of sp³-hybridized carbons (Fsp3) is 0.952. The van der Waals surface area contributed by atoms with Crippen molar-refractivity contribution in [2.45, 2.75) is 85.8 Å². The molecule has 20 nitrogen and oxygen atoms in total. The molecule has 2 aliphatic rings. The van der Waals surface area contributed by atoms with Gasteiger partial charge >= 0.3 is 0 Å². The van der Waals surface area contributed by atoms with Gasteiger partial charge in [0, 0.05) is 0 Å². The molecule has 16 N–H and O–H groups in total. The molecule has 0 aliphatic carbocycles. The van der Waals surface area contributed by atoms with E-state index in [9.17, 15) is 40.5 Å². The molecule has 0 bridgehead atoms. The molecule has 246 valence electrons. The van der Waals surface area contributed by atoms with E-state index in [1.807, 2.05) is 0 Å².